The largest absolute Gasteiger partial charge is 0.756 e. The van der Waals surface area contributed by atoms with E-state index in [1.165, 1.54) is 148 Å². The lowest BCUT2D eigenvalue weighted by molar-refractivity contribution is -0.870. The molecule has 0 spiro atoms. The summed E-state index contributed by atoms with van der Waals surface area (Å²) >= 11 is 0. The summed E-state index contributed by atoms with van der Waals surface area (Å²) in [6, 6.07) is -0.882. The maximum atomic E-state index is 12.8. The molecule has 0 aliphatic rings. The van der Waals surface area contributed by atoms with E-state index in [-0.39, 0.29) is 19.1 Å². The number of phosphoric ester groups is 1. The molecule has 0 bridgehead atoms. The predicted molar refractivity (Wildman–Crippen MR) is 228 cm³/mol. The van der Waals surface area contributed by atoms with E-state index in [1.807, 2.05) is 27.2 Å². The van der Waals surface area contributed by atoms with Crippen molar-refractivity contribution in [2.45, 2.75) is 219 Å². The lowest BCUT2D eigenvalue weighted by Crippen LogP contribution is -2.45. The van der Waals surface area contributed by atoms with Crippen LogP contribution in [0.2, 0.25) is 0 Å². The molecule has 2 N–H and O–H groups in total. The van der Waals surface area contributed by atoms with Gasteiger partial charge in [-0.25, -0.2) is 0 Å². The third kappa shape index (κ3) is 39.2. The van der Waals surface area contributed by atoms with Crippen molar-refractivity contribution in [2.24, 2.45) is 0 Å². The lowest BCUT2D eigenvalue weighted by Gasteiger charge is -2.29. The highest BCUT2D eigenvalue weighted by atomic mass is 31.2. The Morgan fingerprint density at radius 1 is 0.630 bits per heavy atom. The van der Waals surface area contributed by atoms with Crippen molar-refractivity contribution in [2.75, 3.05) is 40.9 Å². The van der Waals surface area contributed by atoms with Crippen LogP contribution in [0.3, 0.4) is 0 Å². The van der Waals surface area contributed by atoms with Crippen LogP contribution in [0.5, 0.6) is 0 Å². The first-order chi connectivity index (χ1) is 26.0. The number of unbranched alkanes of at least 4 members (excludes halogenated alkanes) is 26. The molecule has 8 nitrogen and oxygen atoms in total. The van der Waals surface area contributed by atoms with E-state index >= 15 is 0 Å². The van der Waals surface area contributed by atoms with Gasteiger partial charge in [-0.15, -0.1) is 0 Å². The number of likely N-dealkylation sites (N-methyl/N-ethyl adjacent to an activating group) is 1. The normalized spacial score (nSPS) is 14.6. The molecule has 0 aliphatic carbocycles. The summed E-state index contributed by atoms with van der Waals surface area (Å²) < 4.78 is 23.2. The van der Waals surface area contributed by atoms with Gasteiger partial charge in [-0.2, -0.15) is 0 Å². The molecule has 0 aromatic heterocycles. The molecular weight excluding hydrogens is 695 g/mol. The Bertz CT molecular complexity index is 938. The minimum Gasteiger partial charge on any atom is -0.756 e. The molecule has 0 heterocycles. The molecule has 0 aliphatic heterocycles. The number of phosphoric acid groups is 1. The fourth-order valence-corrected chi connectivity index (χ4v) is 7.22. The summed E-state index contributed by atoms with van der Waals surface area (Å²) in [6.45, 7) is 4.63. The molecule has 0 saturated carbocycles. The first-order valence-corrected chi connectivity index (χ1v) is 24.2. The van der Waals surface area contributed by atoms with Gasteiger partial charge in [0.15, 0.2) is 0 Å². The molecule has 320 valence electrons. The maximum Gasteiger partial charge on any atom is 0.268 e. The van der Waals surface area contributed by atoms with Gasteiger partial charge in [-0.1, -0.05) is 179 Å². The summed E-state index contributed by atoms with van der Waals surface area (Å²) in [7, 11) is 1.26. The Morgan fingerprint density at radius 2 is 1.02 bits per heavy atom. The van der Waals surface area contributed by atoms with Gasteiger partial charge in [-0.05, 0) is 44.9 Å². The minimum absolute atomic E-state index is 0.0000184. The van der Waals surface area contributed by atoms with Gasteiger partial charge in [-0.3, -0.25) is 9.36 Å². The number of carbonyl (C=O) groups excluding carboxylic acids is 1. The first-order valence-electron chi connectivity index (χ1n) is 22.7. The maximum absolute atomic E-state index is 12.8. The second-order valence-corrected chi connectivity index (χ2v) is 18.2. The minimum atomic E-state index is -4.58. The van der Waals surface area contributed by atoms with Gasteiger partial charge in [0.25, 0.3) is 7.82 Å². The molecular formula is C45H89N2O6P. The van der Waals surface area contributed by atoms with Gasteiger partial charge >= 0.3 is 0 Å². The third-order valence-electron chi connectivity index (χ3n) is 10.2. The summed E-state index contributed by atoms with van der Waals surface area (Å²) in [5.41, 5.74) is 0. The number of nitrogens with zero attached hydrogens (tertiary/aromatic N) is 1. The van der Waals surface area contributed by atoms with Crippen molar-refractivity contribution in [1.29, 1.82) is 0 Å². The number of quaternary nitrogens is 1. The molecule has 0 aromatic carbocycles. The summed E-state index contributed by atoms with van der Waals surface area (Å²) in [6.07, 6.45) is 43.7. The number of amides is 1. The standard InChI is InChI=1S/C45H89N2O6P/c1-6-8-10-12-14-16-18-19-20-21-22-23-24-25-26-27-29-31-33-35-37-39-45(49)46-43(42-53-54(50,51)52-41-40-47(3,4)5)44(48)38-36-34-32-30-28-17-15-13-11-9-7-2/h19-20,36,38,43-44,48H,6-18,21-35,37,39-42H2,1-5H3,(H-,46,49,50,51)/b20-19+,38-36+/t43-,44+/m0/s1. The van der Waals surface area contributed by atoms with Crippen LogP contribution in [0, 0.1) is 0 Å². The third-order valence-corrected chi connectivity index (χ3v) is 11.1. The number of allylic oxidation sites excluding steroid dienone is 3. The van der Waals surface area contributed by atoms with Crippen molar-refractivity contribution in [3.05, 3.63) is 24.3 Å². The van der Waals surface area contributed by atoms with E-state index in [2.05, 4.69) is 31.3 Å². The van der Waals surface area contributed by atoms with E-state index in [9.17, 15) is 19.4 Å². The zero-order chi connectivity index (χ0) is 40.0. The smallest absolute Gasteiger partial charge is 0.268 e. The van der Waals surface area contributed by atoms with Crippen LogP contribution in [0.4, 0.5) is 0 Å². The van der Waals surface area contributed by atoms with E-state index in [0.29, 0.717) is 17.4 Å². The molecule has 54 heavy (non-hydrogen) atoms. The van der Waals surface area contributed by atoms with E-state index < -0.39 is 20.0 Å². The van der Waals surface area contributed by atoms with Gasteiger partial charge in [0, 0.05) is 6.42 Å². The second kappa shape index (κ2) is 37.6. The highest BCUT2D eigenvalue weighted by Crippen LogP contribution is 2.38. The van der Waals surface area contributed by atoms with E-state index in [1.54, 1.807) is 6.08 Å². The van der Waals surface area contributed by atoms with Crippen LogP contribution in [0.15, 0.2) is 24.3 Å². The van der Waals surface area contributed by atoms with Crippen molar-refractivity contribution < 1.29 is 32.9 Å². The number of aliphatic hydroxyl groups is 1. The molecule has 3 atom stereocenters. The number of hydrogen-bond acceptors (Lipinski definition) is 6. The molecule has 0 rings (SSSR count). The van der Waals surface area contributed by atoms with Crippen molar-refractivity contribution in [3.63, 3.8) is 0 Å². The lowest BCUT2D eigenvalue weighted by atomic mass is 10.0. The van der Waals surface area contributed by atoms with E-state index in [4.69, 9.17) is 9.05 Å². The molecule has 0 saturated heterocycles. The summed E-state index contributed by atoms with van der Waals surface area (Å²) in [4.78, 5) is 25.3. The Labute approximate surface area is 334 Å². The average Bonchev–Trinajstić information content (AvgIpc) is 3.12. The Balaban J connectivity index is 4.28. The Hall–Kier alpha value is -1.02. The van der Waals surface area contributed by atoms with Gasteiger partial charge < -0.3 is 28.8 Å². The van der Waals surface area contributed by atoms with Gasteiger partial charge in [0.2, 0.25) is 5.91 Å². The topological polar surface area (TPSA) is 108 Å². The average molecular weight is 785 g/mol. The second-order valence-electron chi connectivity index (χ2n) is 16.8. The number of hydrogen-bond donors (Lipinski definition) is 2. The molecule has 0 radical (unpaired) electrons. The fourth-order valence-electron chi connectivity index (χ4n) is 6.50. The molecule has 0 aromatic rings. The van der Waals surface area contributed by atoms with Crippen molar-refractivity contribution in [1.82, 2.24) is 5.32 Å². The fraction of sp³-hybridized carbons (Fsp3) is 0.889. The number of rotatable bonds is 41. The predicted octanol–water partition coefficient (Wildman–Crippen LogP) is 11.9. The van der Waals surface area contributed by atoms with Crippen molar-refractivity contribution >= 4 is 13.7 Å². The van der Waals surface area contributed by atoms with E-state index in [0.717, 1.165) is 38.5 Å². The highest BCUT2D eigenvalue weighted by Gasteiger charge is 2.23. The van der Waals surface area contributed by atoms with Crippen LogP contribution in [0.1, 0.15) is 206 Å². The monoisotopic (exact) mass is 785 g/mol. The number of nitrogens with one attached hydrogen (secondary N) is 1. The summed E-state index contributed by atoms with van der Waals surface area (Å²) in [5, 5.41) is 13.7. The van der Waals surface area contributed by atoms with Crippen LogP contribution in [0.25, 0.3) is 0 Å². The zero-order valence-electron chi connectivity index (χ0n) is 36.2. The Morgan fingerprint density at radius 3 is 1.44 bits per heavy atom. The van der Waals surface area contributed by atoms with Crippen LogP contribution in [-0.2, 0) is 18.4 Å². The Kier molecular flexibility index (Phi) is 36.8. The van der Waals surface area contributed by atoms with Crippen LogP contribution in [-0.4, -0.2) is 68.5 Å². The summed E-state index contributed by atoms with van der Waals surface area (Å²) in [5.74, 6) is -0.199. The zero-order valence-corrected chi connectivity index (χ0v) is 37.1. The first kappa shape index (κ1) is 53.0. The van der Waals surface area contributed by atoms with Crippen LogP contribution < -0.4 is 10.2 Å². The van der Waals surface area contributed by atoms with Crippen molar-refractivity contribution in [3.8, 4) is 0 Å². The van der Waals surface area contributed by atoms with Crippen LogP contribution >= 0.6 is 7.82 Å². The number of carbonyl (C=O) groups is 1. The molecule has 9 heteroatoms. The van der Waals surface area contributed by atoms with Gasteiger partial charge in [0.1, 0.15) is 13.2 Å². The quantitative estimate of drug-likeness (QED) is 0.0277. The molecule has 0 fully saturated rings. The SMILES string of the molecule is CCCCCCCC/C=C/CCCCCCCCCCCCCC(=O)N[C@@H](COP(=O)([O-])OCC[N+](C)(C)C)[C@H](O)/C=C/CCCCCCCCCCC. The molecule has 1 unspecified atom stereocenters. The molecule has 1 amide bonds. The highest BCUT2D eigenvalue weighted by molar-refractivity contribution is 7.45. The van der Waals surface area contributed by atoms with Gasteiger partial charge in [0.05, 0.1) is 39.9 Å². The number of aliphatic hydroxyl groups excluding tert-OH is 1.